The summed E-state index contributed by atoms with van der Waals surface area (Å²) in [5, 5.41) is 0. The molecule has 2 N–H and O–H groups in total. The van der Waals surface area contributed by atoms with Crippen LogP contribution >= 0.6 is 0 Å². The maximum atomic E-state index is 5.91. The van der Waals surface area contributed by atoms with Crippen molar-refractivity contribution in [2.45, 2.75) is 40.7 Å². The zero-order valence-electron chi connectivity index (χ0n) is 11.0. The van der Waals surface area contributed by atoms with Crippen LogP contribution in [0.2, 0.25) is 0 Å². The second kappa shape index (κ2) is 5.35. The molecular weight excluding hydrogens is 198 g/mol. The normalized spacial score (nSPS) is 12.9. The molecule has 90 valence electrons. The van der Waals surface area contributed by atoms with Crippen LogP contribution in [-0.4, -0.2) is 6.61 Å². The van der Waals surface area contributed by atoms with Gasteiger partial charge in [0, 0.05) is 6.04 Å². The van der Waals surface area contributed by atoms with Gasteiger partial charge in [-0.1, -0.05) is 19.9 Å². The van der Waals surface area contributed by atoms with Crippen LogP contribution in [0.25, 0.3) is 0 Å². The van der Waals surface area contributed by atoms with Crippen LogP contribution in [-0.2, 0) is 0 Å². The van der Waals surface area contributed by atoms with Crippen molar-refractivity contribution in [1.29, 1.82) is 0 Å². The number of aryl methyl sites for hydroxylation is 2. The molecule has 0 fully saturated rings. The molecule has 0 aromatic heterocycles. The lowest BCUT2D eigenvalue weighted by molar-refractivity contribution is 0.269. The topological polar surface area (TPSA) is 35.2 Å². The van der Waals surface area contributed by atoms with Gasteiger partial charge in [-0.05, 0) is 49.4 Å². The Balaban J connectivity index is 2.92. The average Bonchev–Trinajstić information content (AvgIpc) is 2.18. The Morgan fingerprint density at radius 3 is 2.25 bits per heavy atom. The Hall–Kier alpha value is -1.02. The van der Waals surface area contributed by atoms with Crippen LogP contribution in [0.5, 0.6) is 5.75 Å². The number of ether oxygens (including phenoxy) is 1. The second-order valence-corrected chi connectivity index (χ2v) is 4.97. The smallest absolute Gasteiger partial charge is 0.122 e. The van der Waals surface area contributed by atoms with Gasteiger partial charge < -0.3 is 10.5 Å². The number of benzene rings is 1. The quantitative estimate of drug-likeness (QED) is 0.846. The van der Waals surface area contributed by atoms with Crippen LogP contribution in [0.1, 0.15) is 43.5 Å². The third-order valence-corrected chi connectivity index (χ3v) is 2.63. The van der Waals surface area contributed by atoms with E-state index in [1.54, 1.807) is 0 Å². The Kier molecular flexibility index (Phi) is 4.36. The van der Waals surface area contributed by atoms with Crippen LogP contribution < -0.4 is 10.5 Å². The van der Waals surface area contributed by atoms with Gasteiger partial charge in [0.25, 0.3) is 0 Å². The Labute approximate surface area is 98.8 Å². The molecule has 0 aliphatic heterocycles. The van der Waals surface area contributed by atoms with Gasteiger partial charge >= 0.3 is 0 Å². The first-order chi connectivity index (χ1) is 7.41. The van der Waals surface area contributed by atoms with E-state index >= 15 is 0 Å². The largest absolute Gasteiger partial charge is 0.493 e. The summed E-state index contributed by atoms with van der Waals surface area (Å²) in [6.07, 6.45) is 0. The van der Waals surface area contributed by atoms with Gasteiger partial charge in [0.15, 0.2) is 0 Å². The predicted molar refractivity (Wildman–Crippen MR) is 68.9 cm³/mol. The van der Waals surface area contributed by atoms with E-state index in [0.717, 1.165) is 12.4 Å². The van der Waals surface area contributed by atoms with Gasteiger partial charge in [-0.25, -0.2) is 0 Å². The fourth-order valence-corrected chi connectivity index (χ4v) is 1.71. The highest BCUT2D eigenvalue weighted by Crippen LogP contribution is 2.26. The molecule has 16 heavy (non-hydrogen) atoms. The molecule has 0 aliphatic carbocycles. The van der Waals surface area contributed by atoms with E-state index in [0.29, 0.717) is 5.92 Å². The molecule has 0 bridgehead atoms. The van der Waals surface area contributed by atoms with Gasteiger partial charge in [-0.2, -0.15) is 0 Å². The average molecular weight is 221 g/mol. The molecule has 1 rings (SSSR count). The van der Waals surface area contributed by atoms with Gasteiger partial charge in [0.05, 0.1) is 6.61 Å². The van der Waals surface area contributed by atoms with Gasteiger partial charge in [0.2, 0.25) is 0 Å². The highest BCUT2D eigenvalue weighted by Gasteiger charge is 2.09. The van der Waals surface area contributed by atoms with Crippen molar-refractivity contribution in [3.05, 3.63) is 28.8 Å². The fraction of sp³-hybridized carbons (Fsp3) is 0.571. The Morgan fingerprint density at radius 2 is 1.75 bits per heavy atom. The van der Waals surface area contributed by atoms with Crippen molar-refractivity contribution in [2.24, 2.45) is 11.7 Å². The molecule has 0 amide bonds. The molecule has 1 aromatic rings. The SMILES string of the molecule is Cc1cc(C(C)N)c(C)cc1OCC(C)C. The minimum atomic E-state index is 0.0813. The summed E-state index contributed by atoms with van der Waals surface area (Å²) in [7, 11) is 0. The van der Waals surface area contributed by atoms with Crippen molar-refractivity contribution >= 4 is 0 Å². The molecular formula is C14H23NO. The Bertz CT molecular complexity index is 356. The minimum absolute atomic E-state index is 0.0813. The van der Waals surface area contributed by atoms with Gasteiger partial charge in [0.1, 0.15) is 5.75 Å². The zero-order valence-corrected chi connectivity index (χ0v) is 11.0. The highest BCUT2D eigenvalue weighted by molar-refractivity contribution is 5.42. The highest BCUT2D eigenvalue weighted by atomic mass is 16.5. The lowest BCUT2D eigenvalue weighted by atomic mass is 10.00. The molecule has 1 atom stereocenters. The summed E-state index contributed by atoms with van der Waals surface area (Å²) in [4.78, 5) is 0. The standard InChI is InChI=1S/C14H23NO/c1-9(2)8-16-14-7-10(3)13(12(5)15)6-11(14)4/h6-7,9,12H,8,15H2,1-5H3. The summed E-state index contributed by atoms with van der Waals surface area (Å²) in [6, 6.07) is 4.31. The minimum Gasteiger partial charge on any atom is -0.493 e. The van der Waals surface area contributed by atoms with E-state index < -0.39 is 0 Å². The van der Waals surface area contributed by atoms with E-state index in [1.807, 2.05) is 6.92 Å². The van der Waals surface area contributed by atoms with Crippen LogP contribution in [0, 0.1) is 19.8 Å². The molecule has 0 radical (unpaired) electrons. The summed E-state index contributed by atoms with van der Waals surface area (Å²) in [5.74, 6) is 1.53. The second-order valence-electron chi connectivity index (χ2n) is 4.97. The lowest BCUT2D eigenvalue weighted by Gasteiger charge is -2.16. The van der Waals surface area contributed by atoms with Crippen LogP contribution in [0.15, 0.2) is 12.1 Å². The van der Waals surface area contributed by atoms with Crippen molar-refractivity contribution in [2.75, 3.05) is 6.61 Å². The number of rotatable bonds is 4. The fourth-order valence-electron chi connectivity index (χ4n) is 1.71. The summed E-state index contributed by atoms with van der Waals surface area (Å²) >= 11 is 0. The molecule has 0 heterocycles. The lowest BCUT2D eigenvalue weighted by Crippen LogP contribution is -2.09. The van der Waals surface area contributed by atoms with Gasteiger partial charge in [-0.3, -0.25) is 0 Å². The maximum absolute atomic E-state index is 5.91. The van der Waals surface area contributed by atoms with Crippen molar-refractivity contribution < 1.29 is 4.74 Å². The predicted octanol–water partition coefficient (Wildman–Crippen LogP) is 3.36. The molecule has 1 unspecified atom stereocenters. The van der Waals surface area contributed by atoms with Crippen molar-refractivity contribution in [3.8, 4) is 5.75 Å². The summed E-state index contributed by atoms with van der Waals surface area (Å²) < 4.78 is 5.77. The summed E-state index contributed by atoms with van der Waals surface area (Å²) in [6.45, 7) is 11.2. The summed E-state index contributed by atoms with van der Waals surface area (Å²) in [5.41, 5.74) is 9.49. The first kappa shape index (κ1) is 13.0. The third kappa shape index (κ3) is 3.24. The monoisotopic (exact) mass is 221 g/mol. The van der Waals surface area contributed by atoms with E-state index in [1.165, 1.54) is 16.7 Å². The maximum Gasteiger partial charge on any atom is 0.122 e. The van der Waals surface area contributed by atoms with E-state index in [9.17, 15) is 0 Å². The van der Waals surface area contributed by atoms with E-state index in [-0.39, 0.29) is 6.04 Å². The first-order valence-corrected chi connectivity index (χ1v) is 5.91. The number of nitrogens with two attached hydrogens (primary N) is 1. The third-order valence-electron chi connectivity index (χ3n) is 2.63. The van der Waals surface area contributed by atoms with Gasteiger partial charge in [-0.15, -0.1) is 0 Å². The molecule has 1 aromatic carbocycles. The molecule has 0 saturated heterocycles. The van der Waals surface area contributed by atoms with Crippen LogP contribution in [0.4, 0.5) is 0 Å². The number of hydrogen-bond acceptors (Lipinski definition) is 2. The molecule has 2 heteroatoms. The van der Waals surface area contributed by atoms with Crippen molar-refractivity contribution in [1.82, 2.24) is 0 Å². The van der Waals surface area contributed by atoms with E-state index in [2.05, 4.69) is 39.8 Å². The Morgan fingerprint density at radius 1 is 1.12 bits per heavy atom. The molecule has 0 aliphatic rings. The van der Waals surface area contributed by atoms with Crippen LogP contribution in [0.3, 0.4) is 0 Å². The number of hydrogen-bond donors (Lipinski definition) is 1. The van der Waals surface area contributed by atoms with Crippen molar-refractivity contribution in [3.63, 3.8) is 0 Å². The molecule has 2 nitrogen and oxygen atoms in total. The molecule has 0 spiro atoms. The first-order valence-electron chi connectivity index (χ1n) is 5.91. The zero-order chi connectivity index (χ0) is 12.3. The van der Waals surface area contributed by atoms with E-state index in [4.69, 9.17) is 10.5 Å². The molecule has 0 saturated carbocycles.